The van der Waals surface area contributed by atoms with Crippen LogP contribution in [0.25, 0.3) is 0 Å². The van der Waals surface area contributed by atoms with Gasteiger partial charge < -0.3 is 5.32 Å². The summed E-state index contributed by atoms with van der Waals surface area (Å²) in [6.45, 7) is 1.47. The van der Waals surface area contributed by atoms with Gasteiger partial charge in [-0.2, -0.15) is 4.31 Å². The Hall–Kier alpha value is -1.31. The first-order valence-corrected chi connectivity index (χ1v) is 9.83. The molecule has 3 rings (SSSR count). The quantitative estimate of drug-likeness (QED) is 0.794. The summed E-state index contributed by atoms with van der Waals surface area (Å²) in [5.74, 6) is -0.433. The fourth-order valence-corrected chi connectivity index (χ4v) is 5.18. The summed E-state index contributed by atoms with van der Waals surface area (Å²) in [6, 6.07) is 8.16. The van der Waals surface area contributed by atoms with Crippen molar-refractivity contribution in [1.82, 2.24) is 4.31 Å². The van der Waals surface area contributed by atoms with Crippen molar-refractivity contribution in [3.63, 3.8) is 0 Å². The van der Waals surface area contributed by atoms with Crippen LogP contribution in [0.3, 0.4) is 0 Å². The molecule has 0 spiro atoms. The molecular formula is C16H13Cl3N2O3S. The Kier molecular flexibility index (Phi) is 5.01. The Morgan fingerprint density at radius 3 is 2.32 bits per heavy atom. The molecule has 0 aliphatic carbocycles. The minimum absolute atomic E-state index is 0.0502. The predicted octanol–water partition coefficient (Wildman–Crippen LogP) is 4.18. The Balaban J connectivity index is 2.12. The molecule has 0 bridgehead atoms. The van der Waals surface area contributed by atoms with E-state index in [2.05, 4.69) is 5.32 Å². The number of benzene rings is 2. The first-order chi connectivity index (χ1) is 11.7. The number of halogens is 3. The van der Waals surface area contributed by atoms with E-state index in [1.54, 1.807) is 18.2 Å². The number of fused-ring (bicyclic) bond motifs is 1. The Morgan fingerprint density at radius 2 is 1.68 bits per heavy atom. The lowest BCUT2D eigenvalue weighted by atomic mass is 10.2. The van der Waals surface area contributed by atoms with Crippen LogP contribution in [-0.4, -0.2) is 24.7 Å². The van der Waals surface area contributed by atoms with Gasteiger partial charge in [0.25, 0.3) is 0 Å². The summed E-state index contributed by atoms with van der Waals surface area (Å²) >= 11 is 17.9. The summed E-state index contributed by atoms with van der Waals surface area (Å²) < 4.78 is 27.3. The van der Waals surface area contributed by atoms with Crippen LogP contribution in [0.1, 0.15) is 12.5 Å². The molecule has 1 amide bonds. The highest BCUT2D eigenvalue weighted by molar-refractivity contribution is 7.89. The summed E-state index contributed by atoms with van der Waals surface area (Å²) in [5, 5.41) is 3.65. The Bertz CT molecular complexity index is 943. The number of nitrogens with one attached hydrogen (secondary N) is 1. The molecule has 0 aromatic heterocycles. The Morgan fingerprint density at radius 1 is 1.04 bits per heavy atom. The highest BCUT2D eigenvalue weighted by atomic mass is 35.5. The SMILES string of the molecule is CC1C(=O)Nc2ccc(Cl)cc2S(=O)(=O)N1Cc1cc(Cl)cc(Cl)c1. The molecule has 2 aromatic rings. The summed E-state index contributed by atoms with van der Waals surface area (Å²) in [5.41, 5.74) is 0.777. The number of amides is 1. The topological polar surface area (TPSA) is 66.5 Å². The lowest BCUT2D eigenvalue weighted by Crippen LogP contribution is -2.42. The second-order valence-corrected chi connectivity index (χ2v) is 8.80. The first kappa shape index (κ1) is 18.5. The van der Waals surface area contributed by atoms with E-state index in [9.17, 15) is 13.2 Å². The zero-order valence-corrected chi connectivity index (χ0v) is 16.0. The van der Waals surface area contributed by atoms with Gasteiger partial charge in [0.15, 0.2) is 0 Å². The number of rotatable bonds is 2. The molecule has 1 N–H and O–H groups in total. The molecule has 9 heteroatoms. The van der Waals surface area contributed by atoms with Gasteiger partial charge in [-0.05, 0) is 48.9 Å². The second-order valence-electron chi connectivity index (χ2n) is 5.63. The average molecular weight is 420 g/mol. The lowest BCUT2D eigenvalue weighted by molar-refractivity contribution is -0.119. The third-order valence-electron chi connectivity index (χ3n) is 3.86. The number of carbonyl (C=O) groups is 1. The molecule has 0 saturated heterocycles. The van der Waals surface area contributed by atoms with Crippen molar-refractivity contribution in [3.05, 3.63) is 57.0 Å². The smallest absolute Gasteiger partial charge is 0.246 e. The van der Waals surface area contributed by atoms with Gasteiger partial charge in [0.1, 0.15) is 10.9 Å². The van der Waals surface area contributed by atoms with E-state index < -0.39 is 22.0 Å². The van der Waals surface area contributed by atoms with Crippen LogP contribution in [0.5, 0.6) is 0 Å². The third kappa shape index (κ3) is 3.64. The van der Waals surface area contributed by atoms with E-state index in [-0.39, 0.29) is 22.2 Å². The monoisotopic (exact) mass is 418 g/mol. The molecule has 5 nitrogen and oxygen atoms in total. The van der Waals surface area contributed by atoms with Crippen molar-refractivity contribution in [2.75, 3.05) is 5.32 Å². The van der Waals surface area contributed by atoms with E-state index >= 15 is 0 Å². The number of anilines is 1. The van der Waals surface area contributed by atoms with E-state index in [0.717, 1.165) is 4.31 Å². The number of hydrogen-bond acceptors (Lipinski definition) is 3. The van der Waals surface area contributed by atoms with Crippen LogP contribution >= 0.6 is 34.8 Å². The number of carbonyl (C=O) groups excluding carboxylic acids is 1. The molecule has 132 valence electrons. The summed E-state index contributed by atoms with van der Waals surface area (Å²) in [4.78, 5) is 12.3. The highest BCUT2D eigenvalue weighted by Crippen LogP contribution is 2.33. The molecule has 2 aromatic carbocycles. The molecule has 1 heterocycles. The average Bonchev–Trinajstić information content (AvgIpc) is 2.57. The maximum Gasteiger partial charge on any atom is 0.246 e. The maximum absolute atomic E-state index is 13.1. The fourth-order valence-electron chi connectivity index (χ4n) is 2.62. The second kappa shape index (κ2) is 6.78. The number of sulfonamides is 1. The van der Waals surface area contributed by atoms with Crippen LogP contribution in [0.2, 0.25) is 15.1 Å². The van der Waals surface area contributed by atoms with E-state index in [4.69, 9.17) is 34.8 Å². The van der Waals surface area contributed by atoms with Crippen molar-refractivity contribution in [2.45, 2.75) is 24.4 Å². The minimum Gasteiger partial charge on any atom is -0.323 e. The van der Waals surface area contributed by atoms with Crippen LogP contribution < -0.4 is 5.32 Å². The van der Waals surface area contributed by atoms with Crippen molar-refractivity contribution in [2.24, 2.45) is 0 Å². The van der Waals surface area contributed by atoms with Gasteiger partial charge in [-0.3, -0.25) is 4.79 Å². The van der Waals surface area contributed by atoms with Gasteiger partial charge >= 0.3 is 0 Å². The standard InChI is InChI=1S/C16H13Cl3N2O3S/c1-9-16(22)20-14-3-2-11(17)7-15(14)25(23,24)21(9)8-10-4-12(18)6-13(19)5-10/h2-7,9H,8H2,1H3,(H,20,22). The van der Waals surface area contributed by atoms with Gasteiger partial charge in [-0.25, -0.2) is 8.42 Å². The molecule has 0 radical (unpaired) electrons. The van der Waals surface area contributed by atoms with Crippen molar-refractivity contribution >= 4 is 56.4 Å². The summed E-state index contributed by atoms with van der Waals surface area (Å²) in [6.07, 6.45) is 0. The van der Waals surface area contributed by atoms with Crippen molar-refractivity contribution in [3.8, 4) is 0 Å². The molecule has 25 heavy (non-hydrogen) atoms. The van der Waals surface area contributed by atoms with Gasteiger partial charge in [0.2, 0.25) is 15.9 Å². The minimum atomic E-state index is -3.97. The first-order valence-electron chi connectivity index (χ1n) is 7.26. The van der Waals surface area contributed by atoms with Gasteiger partial charge in [0, 0.05) is 21.6 Å². The molecule has 1 aliphatic heterocycles. The molecule has 0 saturated carbocycles. The summed E-state index contributed by atoms with van der Waals surface area (Å²) in [7, 11) is -3.97. The van der Waals surface area contributed by atoms with Crippen LogP contribution in [0.15, 0.2) is 41.3 Å². The number of hydrogen-bond donors (Lipinski definition) is 1. The largest absolute Gasteiger partial charge is 0.323 e. The molecule has 1 aliphatic rings. The number of nitrogens with zero attached hydrogens (tertiary/aromatic N) is 1. The molecular weight excluding hydrogens is 407 g/mol. The van der Waals surface area contributed by atoms with Crippen LogP contribution in [-0.2, 0) is 21.4 Å². The zero-order chi connectivity index (χ0) is 18.4. The lowest BCUT2D eigenvalue weighted by Gasteiger charge is -2.25. The van der Waals surface area contributed by atoms with Crippen molar-refractivity contribution in [1.29, 1.82) is 0 Å². The van der Waals surface area contributed by atoms with E-state index in [0.29, 0.717) is 15.6 Å². The van der Waals surface area contributed by atoms with Crippen LogP contribution in [0, 0.1) is 0 Å². The molecule has 1 unspecified atom stereocenters. The predicted molar refractivity (Wildman–Crippen MR) is 98.7 cm³/mol. The maximum atomic E-state index is 13.1. The fraction of sp³-hybridized carbons (Fsp3) is 0.188. The van der Waals surface area contributed by atoms with Gasteiger partial charge in [-0.1, -0.05) is 34.8 Å². The van der Waals surface area contributed by atoms with Crippen LogP contribution in [0.4, 0.5) is 5.69 Å². The molecule has 0 fully saturated rings. The van der Waals surface area contributed by atoms with Gasteiger partial charge in [0.05, 0.1) is 5.69 Å². The third-order valence-corrected chi connectivity index (χ3v) is 6.49. The highest BCUT2D eigenvalue weighted by Gasteiger charge is 2.38. The van der Waals surface area contributed by atoms with E-state index in [1.807, 2.05) is 0 Å². The van der Waals surface area contributed by atoms with E-state index in [1.165, 1.54) is 25.1 Å². The normalized spacial score (nSPS) is 19.8. The zero-order valence-electron chi connectivity index (χ0n) is 13.0. The Labute approximate surface area is 160 Å². The molecule has 1 atom stereocenters. The van der Waals surface area contributed by atoms with Crippen molar-refractivity contribution < 1.29 is 13.2 Å². The van der Waals surface area contributed by atoms with Gasteiger partial charge in [-0.15, -0.1) is 0 Å².